The van der Waals surface area contributed by atoms with Crippen LogP contribution in [0.5, 0.6) is 5.75 Å². The Kier molecular flexibility index (Phi) is 6.49. The fourth-order valence-electron chi connectivity index (χ4n) is 3.23. The van der Waals surface area contributed by atoms with Gasteiger partial charge in [0.2, 0.25) is 11.8 Å². The van der Waals surface area contributed by atoms with Crippen LogP contribution in [0.25, 0.3) is 0 Å². The lowest BCUT2D eigenvalue weighted by Crippen LogP contribution is -2.30. The lowest BCUT2D eigenvalue weighted by atomic mass is 10.1. The molecule has 2 aromatic carbocycles. The summed E-state index contributed by atoms with van der Waals surface area (Å²) in [6.07, 6.45) is 1.15. The highest BCUT2D eigenvalue weighted by Crippen LogP contribution is 2.27. The van der Waals surface area contributed by atoms with E-state index in [1.807, 2.05) is 24.3 Å². The molecule has 0 saturated carbocycles. The van der Waals surface area contributed by atoms with Gasteiger partial charge in [0.1, 0.15) is 5.75 Å². The first-order valence-electron chi connectivity index (χ1n) is 9.63. The van der Waals surface area contributed by atoms with Gasteiger partial charge < -0.3 is 20.3 Å². The summed E-state index contributed by atoms with van der Waals surface area (Å²) in [4.78, 5) is 37.6. The molecule has 1 aliphatic heterocycles. The van der Waals surface area contributed by atoms with Crippen molar-refractivity contribution in [2.24, 2.45) is 5.92 Å². The fraction of sp³-hybridized carbons (Fsp3) is 0.318. The lowest BCUT2D eigenvalue weighted by molar-refractivity contribution is -0.125. The third-order valence-corrected chi connectivity index (χ3v) is 4.91. The molecule has 0 aromatic heterocycles. The van der Waals surface area contributed by atoms with E-state index in [1.54, 1.807) is 36.2 Å². The smallest absolute Gasteiger partial charge is 0.262 e. The molecule has 2 N–H and O–H groups in total. The quantitative estimate of drug-likeness (QED) is 0.753. The van der Waals surface area contributed by atoms with E-state index in [0.717, 1.165) is 12.1 Å². The van der Waals surface area contributed by atoms with E-state index in [0.29, 0.717) is 18.0 Å². The van der Waals surface area contributed by atoms with Gasteiger partial charge in [-0.25, -0.2) is 0 Å². The van der Waals surface area contributed by atoms with E-state index in [1.165, 1.54) is 5.56 Å². The SMILES string of the molecule is CCc1ccc(NC(=O)COc2ccc(N3C[C@H](C(=O)NC)CC3=O)cc2)cc1. The van der Waals surface area contributed by atoms with Crippen molar-refractivity contribution in [3.8, 4) is 5.75 Å². The topological polar surface area (TPSA) is 87.7 Å². The number of benzene rings is 2. The van der Waals surface area contributed by atoms with Gasteiger partial charge in [0.05, 0.1) is 5.92 Å². The van der Waals surface area contributed by atoms with Gasteiger partial charge in [0.15, 0.2) is 6.61 Å². The Hall–Kier alpha value is -3.35. The number of nitrogens with zero attached hydrogens (tertiary/aromatic N) is 1. The van der Waals surface area contributed by atoms with Gasteiger partial charge in [-0.15, -0.1) is 0 Å². The summed E-state index contributed by atoms with van der Waals surface area (Å²) in [7, 11) is 1.57. The summed E-state index contributed by atoms with van der Waals surface area (Å²) in [6, 6.07) is 14.6. The van der Waals surface area contributed by atoms with E-state index in [4.69, 9.17) is 4.74 Å². The highest BCUT2D eigenvalue weighted by atomic mass is 16.5. The maximum atomic E-state index is 12.2. The lowest BCUT2D eigenvalue weighted by Gasteiger charge is -2.17. The van der Waals surface area contributed by atoms with Crippen molar-refractivity contribution in [1.82, 2.24) is 5.32 Å². The molecule has 1 fully saturated rings. The third-order valence-electron chi connectivity index (χ3n) is 4.91. The van der Waals surface area contributed by atoms with Gasteiger partial charge in [-0.1, -0.05) is 19.1 Å². The van der Waals surface area contributed by atoms with Crippen molar-refractivity contribution >= 4 is 29.1 Å². The molecule has 1 heterocycles. The molecular formula is C22H25N3O4. The first-order chi connectivity index (χ1) is 14.0. The number of ether oxygens (including phenoxy) is 1. The largest absolute Gasteiger partial charge is 0.484 e. The number of hydrogen-bond donors (Lipinski definition) is 2. The average Bonchev–Trinajstić information content (AvgIpc) is 3.14. The fourth-order valence-corrected chi connectivity index (χ4v) is 3.23. The molecular weight excluding hydrogens is 370 g/mol. The Morgan fingerprint density at radius 1 is 1.10 bits per heavy atom. The van der Waals surface area contributed by atoms with Gasteiger partial charge in [0.25, 0.3) is 5.91 Å². The van der Waals surface area contributed by atoms with Crippen LogP contribution >= 0.6 is 0 Å². The second kappa shape index (κ2) is 9.23. The van der Waals surface area contributed by atoms with Crippen LogP contribution in [-0.4, -0.2) is 37.9 Å². The summed E-state index contributed by atoms with van der Waals surface area (Å²) in [5, 5.41) is 5.37. The van der Waals surface area contributed by atoms with Crippen molar-refractivity contribution < 1.29 is 19.1 Å². The average molecular weight is 395 g/mol. The Morgan fingerprint density at radius 3 is 2.41 bits per heavy atom. The number of aryl methyl sites for hydroxylation is 1. The molecule has 1 saturated heterocycles. The first kappa shape index (κ1) is 20.4. The van der Waals surface area contributed by atoms with Crippen LogP contribution in [0.4, 0.5) is 11.4 Å². The maximum absolute atomic E-state index is 12.2. The molecule has 3 amide bonds. The predicted octanol–water partition coefficient (Wildman–Crippen LogP) is 2.37. The maximum Gasteiger partial charge on any atom is 0.262 e. The second-order valence-corrected chi connectivity index (χ2v) is 6.90. The minimum atomic E-state index is -0.335. The predicted molar refractivity (Wildman–Crippen MR) is 111 cm³/mol. The summed E-state index contributed by atoms with van der Waals surface area (Å²) in [5.74, 6) is -0.267. The summed E-state index contributed by atoms with van der Waals surface area (Å²) >= 11 is 0. The molecule has 0 unspecified atom stereocenters. The zero-order valence-electron chi connectivity index (χ0n) is 16.6. The molecule has 152 valence electrons. The Labute approximate surface area is 170 Å². The number of amides is 3. The zero-order chi connectivity index (χ0) is 20.8. The van der Waals surface area contributed by atoms with Gasteiger partial charge in [-0.2, -0.15) is 0 Å². The molecule has 0 spiro atoms. The minimum Gasteiger partial charge on any atom is -0.484 e. The summed E-state index contributed by atoms with van der Waals surface area (Å²) in [6.45, 7) is 2.32. The zero-order valence-corrected chi connectivity index (χ0v) is 16.6. The van der Waals surface area contributed by atoms with Crippen LogP contribution < -0.4 is 20.3 Å². The van der Waals surface area contributed by atoms with Gasteiger partial charge in [-0.3, -0.25) is 14.4 Å². The van der Waals surface area contributed by atoms with Crippen LogP contribution in [0.15, 0.2) is 48.5 Å². The van der Waals surface area contributed by atoms with Crippen LogP contribution in [-0.2, 0) is 20.8 Å². The van der Waals surface area contributed by atoms with E-state index < -0.39 is 0 Å². The number of anilines is 2. The van der Waals surface area contributed by atoms with Gasteiger partial charge in [-0.05, 0) is 48.4 Å². The van der Waals surface area contributed by atoms with Crippen molar-refractivity contribution in [1.29, 1.82) is 0 Å². The Morgan fingerprint density at radius 2 is 1.79 bits per heavy atom. The number of hydrogen-bond acceptors (Lipinski definition) is 4. The standard InChI is InChI=1S/C22H25N3O4/c1-3-15-4-6-17(7-5-15)24-20(26)14-29-19-10-8-18(9-11-19)25-13-16(12-21(25)27)22(28)23-2/h4-11,16H,3,12-14H2,1-2H3,(H,23,28)(H,24,26)/t16-/m1/s1. The monoisotopic (exact) mass is 395 g/mol. The summed E-state index contributed by atoms with van der Waals surface area (Å²) < 4.78 is 5.53. The van der Waals surface area contributed by atoms with Crippen molar-refractivity contribution in [2.75, 3.05) is 30.4 Å². The molecule has 1 atom stereocenters. The first-order valence-corrected chi connectivity index (χ1v) is 9.63. The molecule has 29 heavy (non-hydrogen) atoms. The highest BCUT2D eigenvalue weighted by molar-refractivity contribution is 6.00. The van der Waals surface area contributed by atoms with Crippen LogP contribution in [0.3, 0.4) is 0 Å². The molecule has 0 radical (unpaired) electrons. The number of carbonyl (C=O) groups excluding carboxylic acids is 3. The van der Waals surface area contributed by atoms with Crippen molar-refractivity contribution in [3.63, 3.8) is 0 Å². The van der Waals surface area contributed by atoms with E-state index in [2.05, 4.69) is 17.6 Å². The molecule has 1 aliphatic rings. The molecule has 3 rings (SSSR count). The third kappa shape index (κ3) is 5.13. The van der Waals surface area contributed by atoms with Crippen LogP contribution in [0, 0.1) is 5.92 Å². The molecule has 7 heteroatoms. The second-order valence-electron chi connectivity index (χ2n) is 6.90. The van der Waals surface area contributed by atoms with E-state index in [-0.39, 0.29) is 36.7 Å². The normalized spacial score (nSPS) is 15.9. The molecule has 0 aliphatic carbocycles. The van der Waals surface area contributed by atoms with Gasteiger partial charge in [0, 0.05) is 31.4 Å². The van der Waals surface area contributed by atoms with Crippen molar-refractivity contribution in [3.05, 3.63) is 54.1 Å². The summed E-state index contributed by atoms with van der Waals surface area (Å²) in [5.41, 5.74) is 2.64. The van der Waals surface area contributed by atoms with E-state index >= 15 is 0 Å². The minimum absolute atomic E-state index is 0.0827. The Bertz CT molecular complexity index is 878. The Balaban J connectivity index is 1.52. The van der Waals surface area contributed by atoms with Crippen molar-refractivity contribution in [2.45, 2.75) is 19.8 Å². The van der Waals surface area contributed by atoms with Crippen LogP contribution in [0.2, 0.25) is 0 Å². The molecule has 0 bridgehead atoms. The van der Waals surface area contributed by atoms with E-state index in [9.17, 15) is 14.4 Å². The van der Waals surface area contributed by atoms with Crippen LogP contribution in [0.1, 0.15) is 18.9 Å². The number of nitrogens with one attached hydrogen (secondary N) is 2. The number of carbonyl (C=O) groups is 3. The van der Waals surface area contributed by atoms with Gasteiger partial charge >= 0.3 is 0 Å². The molecule has 2 aromatic rings. The number of rotatable bonds is 7. The molecule has 7 nitrogen and oxygen atoms in total. The highest BCUT2D eigenvalue weighted by Gasteiger charge is 2.34.